The summed E-state index contributed by atoms with van der Waals surface area (Å²) in [6, 6.07) is -0.868. The minimum absolute atomic E-state index is 0.0510. The smallest absolute Gasteiger partial charge is 0.410 e. The zero-order valence-corrected chi connectivity index (χ0v) is 26.2. The largest absolute Gasteiger partial charge is 0.464 e. The van der Waals surface area contributed by atoms with Gasteiger partial charge in [0.1, 0.15) is 30.2 Å². The minimum atomic E-state index is -1.43. The van der Waals surface area contributed by atoms with E-state index >= 15 is 0 Å². The molecule has 1 aromatic rings. The Morgan fingerprint density at radius 1 is 1.02 bits per heavy atom. The van der Waals surface area contributed by atoms with Crippen LogP contribution in [0.4, 0.5) is 10.6 Å². The van der Waals surface area contributed by atoms with Gasteiger partial charge in [0, 0.05) is 40.4 Å². The zero-order valence-electron chi connectivity index (χ0n) is 26.2. The van der Waals surface area contributed by atoms with E-state index < -0.39 is 90.3 Å². The Labute approximate surface area is 258 Å². The maximum atomic E-state index is 13.6. The molecule has 0 spiro atoms. The predicted molar refractivity (Wildman–Crippen MR) is 152 cm³/mol. The van der Waals surface area contributed by atoms with Crippen molar-refractivity contribution >= 4 is 41.6 Å². The van der Waals surface area contributed by atoms with Crippen LogP contribution < -0.4 is 16.3 Å². The van der Waals surface area contributed by atoms with Gasteiger partial charge in [-0.2, -0.15) is 4.98 Å². The number of carbonyl (C=O) groups is 6. The van der Waals surface area contributed by atoms with Gasteiger partial charge in [0.15, 0.2) is 18.4 Å². The number of nitrogens with zero attached hydrogens (tertiary/aromatic N) is 3. The minimum Gasteiger partial charge on any atom is -0.464 e. The molecule has 0 radical (unpaired) electrons. The highest BCUT2D eigenvalue weighted by molar-refractivity contribution is 5.87. The Morgan fingerprint density at radius 3 is 2.22 bits per heavy atom. The second kappa shape index (κ2) is 14.5. The third-order valence-electron chi connectivity index (χ3n) is 6.61. The van der Waals surface area contributed by atoms with Gasteiger partial charge in [-0.1, -0.05) is 0 Å². The SMILES string of the molecule is CC(=O)Nc1ccn([C@@H]2O[C@H]([C@H](COC(C)=O)NC(=O)[C@@H]3CCCN3C(=O)OC(C)(C)C)[C@H](OC(C)=O)[C@@H]2OC(C)=O)c(=O)n1. The van der Waals surface area contributed by atoms with Gasteiger partial charge < -0.3 is 34.3 Å². The van der Waals surface area contributed by atoms with E-state index in [1.807, 2.05) is 0 Å². The van der Waals surface area contributed by atoms with Crippen LogP contribution in [-0.2, 0) is 47.7 Å². The average Bonchev–Trinajstić information content (AvgIpc) is 3.51. The quantitative estimate of drug-likeness (QED) is 0.278. The summed E-state index contributed by atoms with van der Waals surface area (Å²) in [5.74, 6) is -3.46. The molecular formula is C28H39N5O12. The highest BCUT2D eigenvalue weighted by Gasteiger charge is 2.54. The molecule has 248 valence electrons. The predicted octanol–water partition coefficient (Wildman–Crippen LogP) is 0.410. The van der Waals surface area contributed by atoms with Crippen molar-refractivity contribution in [2.45, 2.75) is 104 Å². The van der Waals surface area contributed by atoms with E-state index in [0.29, 0.717) is 12.8 Å². The van der Waals surface area contributed by atoms with Gasteiger partial charge in [0.05, 0.1) is 6.04 Å². The van der Waals surface area contributed by atoms with Crippen molar-refractivity contribution in [1.82, 2.24) is 19.8 Å². The topological polar surface area (TPSA) is 211 Å². The molecule has 3 heterocycles. The van der Waals surface area contributed by atoms with Gasteiger partial charge >= 0.3 is 29.7 Å². The van der Waals surface area contributed by atoms with E-state index in [2.05, 4.69) is 15.6 Å². The molecule has 17 nitrogen and oxygen atoms in total. The molecule has 45 heavy (non-hydrogen) atoms. The third kappa shape index (κ3) is 9.47. The summed E-state index contributed by atoms with van der Waals surface area (Å²) in [5, 5.41) is 5.10. The molecule has 3 amide bonds. The van der Waals surface area contributed by atoms with Crippen molar-refractivity contribution in [3.63, 3.8) is 0 Å². The lowest BCUT2D eigenvalue weighted by atomic mass is 10.0. The van der Waals surface area contributed by atoms with Crippen LogP contribution in [0.2, 0.25) is 0 Å². The number of amides is 3. The van der Waals surface area contributed by atoms with Crippen LogP contribution in [-0.4, -0.2) is 99.4 Å². The number of anilines is 1. The lowest BCUT2D eigenvalue weighted by Crippen LogP contribution is -2.56. The maximum absolute atomic E-state index is 13.6. The van der Waals surface area contributed by atoms with Crippen LogP contribution in [0.25, 0.3) is 0 Å². The third-order valence-corrected chi connectivity index (χ3v) is 6.61. The van der Waals surface area contributed by atoms with E-state index in [1.165, 1.54) is 24.1 Å². The summed E-state index contributed by atoms with van der Waals surface area (Å²) in [7, 11) is 0. The Bertz CT molecular complexity index is 1370. The van der Waals surface area contributed by atoms with Crippen molar-refractivity contribution in [3.8, 4) is 0 Å². The summed E-state index contributed by atoms with van der Waals surface area (Å²) in [6.07, 6.45) is -4.25. The van der Waals surface area contributed by atoms with Crippen LogP contribution in [0.3, 0.4) is 0 Å². The maximum Gasteiger partial charge on any atom is 0.410 e. The summed E-state index contributed by atoms with van der Waals surface area (Å²) >= 11 is 0. The molecule has 17 heteroatoms. The van der Waals surface area contributed by atoms with Gasteiger partial charge in [-0.3, -0.25) is 33.4 Å². The van der Waals surface area contributed by atoms with Crippen LogP contribution in [0, 0.1) is 0 Å². The number of carbonyl (C=O) groups excluding carboxylic acids is 6. The molecule has 2 aliphatic heterocycles. The van der Waals surface area contributed by atoms with E-state index in [4.69, 9.17) is 23.7 Å². The van der Waals surface area contributed by atoms with Gasteiger partial charge in [-0.25, -0.2) is 9.59 Å². The lowest BCUT2D eigenvalue weighted by Gasteiger charge is -2.31. The van der Waals surface area contributed by atoms with Gasteiger partial charge in [0.25, 0.3) is 0 Å². The summed E-state index contributed by atoms with van der Waals surface area (Å²) in [6.45, 7) is 9.45. The van der Waals surface area contributed by atoms with Crippen LogP contribution >= 0.6 is 0 Å². The Balaban J connectivity index is 1.99. The lowest BCUT2D eigenvalue weighted by molar-refractivity contribution is -0.166. The first-order chi connectivity index (χ1) is 21.0. The van der Waals surface area contributed by atoms with Crippen molar-refractivity contribution < 1.29 is 52.5 Å². The highest BCUT2D eigenvalue weighted by Crippen LogP contribution is 2.35. The van der Waals surface area contributed by atoms with E-state index in [1.54, 1.807) is 20.8 Å². The molecule has 0 bridgehead atoms. The highest BCUT2D eigenvalue weighted by atomic mass is 16.6. The summed E-state index contributed by atoms with van der Waals surface area (Å²) < 4.78 is 28.7. The molecule has 3 rings (SSSR count). The fourth-order valence-electron chi connectivity index (χ4n) is 4.99. The molecule has 2 N–H and O–H groups in total. The van der Waals surface area contributed by atoms with Gasteiger partial charge in [0.2, 0.25) is 11.8 Å². The van der Waals surface area contributed by atoms with Crippen LogP contribution in [0.15, 0.2) is 17.1 Å². The van der Waals surface area contributed by atoms with Gasteiger partial charge in [-0.15, -0.1) is 0 Å². The summed E-state index contributed by atoms with van der Waals surface area (Å²) in [4.78, 5) is 92.1. The average molecular weight is 638 g/mol. The normalized spacial score (nSPS) is 23.4. The first-order valence-electron chi connectivity index (χ1n) is 14.3. The molecule has 0 aliphatic carbocycles. The number of hydrogen-bond acceptors (Lipinski definition) is 13. The molecule has 2 fully saturated rings. The first kappa shape index (κ1) is 34.9. The van der Waals surface area contributed by atoms with Gasteiger partial charge in [-0.05, 0) is 39.7 Å². The molecule has 1 aromatic heterocycles. The molecule has 0 aromatic carbocycles. The number of ether oxygens (including phenoxy) is 5. The number of hydrogen-bond donors (Lipinski definition) is 2. The first-order valence-corrected chi connectivity index (χ1v) is 14.3. The molecule has 0 unspecified atom stereocenters. The molecule has 2 saturated heterocycles. The Hall–Kier alpha value is -4.54. The monoisotopic (exact) mass is 637 g/mol. The molecule has 2 aliphatic rings. The second-order valence-corrected chi connectivity index (χ2v) is 11.6. The fourth-order valence-corrected chi connectivity index (χ4v) is 4.99. The van der Waals surface area contributed by atoms with Crippen LogP contribution in [0.1, 0.15) is 67.5 Å². The molecule has 6 atom stereocenters. The van der Waals surface area contributed by atoms with Crippen molar-refractivity contribution in [2.75, 3.05) is 18.5 Å². The van der Waals surface area contributed by atoms with Crippen molar-refractivity contribution in [2.24, 2.45) is 0 Å². The Morgan fingerprint density at radius 2 is 1.67 bits per heavy atom. The Kier molecular flexibility index (Phi) is 11.3. The van der Waals surface area contributed by atoms with Crippen LogP contribution in [0.5, 0.6) is 0 Å². The standard InChI is InChI=1S/C28H39N5O12/c1-14(34)29-20-10-12-33(26(39)31-20)25-23(43-17(4)37)22(42-16(3)36)21(44-25)18(13-41-15(2)35)30-24(38)19-9-8-11-32(19)27(40)45-28(5,6)7/h10,12,18-19,21-23,25H,8-9,11,13H2,1-7H3,(H,30,38)(H,29,31,34,39)/t18-,19-,21+,22-,23-,25+/m0/s1. The van der Waals surface area contributed by atoms with Crippen molar-refractivity contribution in [3.05, 3.63) is 22.7 Å². The number of aromatic nitrogens is 2. The van der Waals surface area contributed by atoms with E-state index in [9.17, 15) is 33.6 Å². The summed E-state index contributed by atoms with van der Waals surface area (Å²) in [5.41, 5.74) is -1.72. The fraction of sp³-hybridized carbons (Fsp3) is 0.643. The second-order valence-electron chi connectivity index (χ2n) is 11.6. The zero-order chi connectivity index (χ0) is 33.6. The molecular weight excluding hydrogens is 598 g/mol. The van der Waals surface area contributed by atoms with E-state index in [0.717, 1.165) is 25.3 Å². The number of rotatable bonds is 9. The van der Waals surface area contributed by atoms with Crippen molar-refractivity contribution in [1.29, 1.82) is 0 Å². The van der Waals surface area contributed by atoms with E-state index in [-0.39, 0.29) is 12.4 Å². The number of esters is 3. The molecule has 0 saturated carbocycles. The number of likely N-dealkylation sites (tertiary alicyclic amines) is 1. The number of nitrogens with one attached hydrogen (secondary N) is 2.